The largest absolute Gasteiger partial charge is 0.349 e. The molecule has 6 rings (SSSR count). The molecule has 0 unspecified atom stereocenters. The molecule has 1 aliphatic heterocycles. The van der Waals surface area contributed by atoms with Gasteiger partial charge in [-0.05, 0) is 112 Å². The van der Waals surface area contributed by atoms with Crippen LogP contribution in [-0.4, -0.2) is 53.5 Å². The molecule has 3 aliphatic rings. The van der Waals surface area contributed by atoms with E-state index in [1.54, 1.807) is 10.8 Å². The van der Waals surface area contributed by atoms with Gasteiger partial charge in [0.15, 0.2) is 0 Å². The van der Waals surface area contributed by atoms with Gasteiger partial charge in [0.1, 0.15) is 0 Å². The summed E-state index contributed by atoms with van der Waals surface area (Å²) in [6, 6.07) is 11.9. The van der Waals surface area contributed by atoms with Crippen LogP contribution in [0, 0.1) is 12.8 Å². The Morgan fingerprint density at radius 3 is 2.29 bits per heavy atom. The van der Waals surface area contributed by atoms with Gasteiger partial charge >= 0.3 is 0 Å². The van der Waals surface area contributed by atoms with Gasteiger partial charge in [0.05, 0.1) is 5.56 Å². The van der Waals surface area contributed by atoms with Gasteiger partial charge in [-0.25, -0.2) is 0 Å². The first kappa shape index (κ1) is 24.9. The number of hydrogen-bond acceptors (Lipinski definition) is 4. The smallest absolute Gasteiger partial charge is 0.258 e. The van der Waals surface area contributed by atoms with Crippen LogP contribution in [0.15, 0.2) is 47.4 Å². The molecule has 2 aliphatic carbocycles. The standard InChI is InChI=1S/C31H36N4O3/c1-19-3-6-22(29(36)32-23-8-9-23)16-26(19)21-7-10-25-27(15-21)28(18-35(31(25)38)17-20-4-5-20)30(37)33-24-11-13-34(2)14-12-24/h3,6-7,10,15-16,18,20,23-24H,4-5,8-9,11-14,17H2,1-2H3,(H,32,36)(H,33,37). The quantitative estimate of drug-likeness (QED) is 0.499. The third-order valence-electron chi connectivity index (χ3n) is 8.26. The lowest BCUT2D eigenvalue weighted by molar-refractivity contribution is 0.0915. The Morgan fingerprint density at radius 1 is 0.868 bits per heavy atom. The molecule has 0 spiro atoms. The van der Waals surface area contributed by atoms with Gasteiger partial charge in [0.25, 0.3) is 17.4 Å². The summed E-state index contributed by atoms with van der Waals surface area (Å²) in [5, 5.41) is 7.53. The number of hydrogen-bond donors (Lipinski definition) is 2. The number of carbonyl (C=O) groups is 2. The minimum absolute atomic E-state index is 0.0522. The van der Waals surface area contributed by atoms with Gasteiger partial charge in [-0.3, -0.25) is 14.4 Å². The fourth-order valence-electron chi connectivity index (χ4n) is 5.44. The molecule has 3 aromatic rings. The zero-order valence-electron chi connectivity index (χ0n) is 22.3. The third-order valence-corrected chi connectivity index (χ3v) is 8.26. The fourth-order valence-corrected chi connectivity index (χ4v) is 5.44. The molecule has 0 bridgehead atoms. The van der Waals surface area contributed by atoms with Crippen LogP contribution >= 0.6 is 0 Å². The molecule has 1 saturated heterocycles. The summed E-state index contributed by atoms with van der Waals surface area (Å²) in [6.07, 6.45) is 7.94. The Balaban J connectivity index is 1.39. The normalized spacial score (nSPS) is 18.5. The van der Waals surface area contributed by atoms with Crippen molar-refractivity contribution in [1.29, 1.82) is 0 Å². The number of likely N-dealkylation sites (tertiary alicyclic amines) is 1. The van der Waals surface area contributed by atoms with Crippen molar-refractivity contribution in [2.45, 2.75) is 64.1 Å². The molecule has 198 valence electrons. The minimum Gasteiger partial charge on any atom is -0.349 e. The monoisotopic (exact) mass is 512 g/mol. The second kappa shape index (κ2) is 10.0. The Morgan fingerprint density at radius 2 is 1.58 bits per heavy atom. The van der Waals surface area contributed by atoms with Gasteiger partial charge in [0.2, 0.25) is 0 Å². The number of fused-ring (bicyclic) bond motifs is 1. The van der Waals surface area contributed by atoms with Crippen LogP contribution in [0.25, 0.3) is 21.9 Å². The summed E-state index contributed by atoms with van der Waals surface area (Å²) in [5.41, 5.74) is 3.97. The fraction of sp³-hybridized carbons (Fsp3) is 0.452. The first-order valence-electron chi connectivity index (χ1n) is 13.9. The Kier molecular flexibility index (Phi) is 6.56. The topological polar surface area (TPSA) is 83.4 Å². The number of amides is 2. The summed E-state index contributed by atoms with van der Waals surface area (Å²) < 4.78 is 1.73. The average molecular weight is 513 g/mol. The van der Waals surface area contributed by atoms with E-state index in [2.05, 4.69) is 22.6 Å². The van der Waals surface area contributed by atoms with E-state index < -0.39 is 0 Å². The van der Waals surface area contributed by atoms with E-state index in [9.17, 15) is 14.4 Å². The van der Waals surface area contributed by atoms with Crippen LogP contribution in [0.3, 0.4) is 0 Å². The van der Waals surface area contributed by atoms with Crippen LogP contribution in [-0.2, 0) is 6.54 Å². The number of nitrogens with zero attached hydrogens (tertiary/aromatic N) is 2. The van der Waals surface area contributed by atoms with Crippen LogP contribution in [0.4, 0.5) is 0 Å². The predicted octanol–water partition coefficient (Wildman–Crippen LogP) is 4.10. The molecular weight excluding hydrogens is 476 g/mol. The van der Waals surface area contributed by atoms with Crippen LogP contribution in [0.5, 0.6) is 0 Å². The van der Waals surface area contributed by atoms with E-state index in [0.29, 0.717) is 34.4 Å². The van der Waals surface area contributed by atoms with Crippen molar-refractivity contribution in [2.24, 2.45) is 5.92 Å². The summed E-state index contributed by atoms with van der Waals surface area (Å²) in [7, 11) is 2.10. The van der Waals surface area contributed by atoms with E-state index in [1.165, 1.54) is 0 Å². The molecule has 2 saturated carbocycles. The zero-order valence-corrected chi connectivity index (χ0v) is 22.3. The Labute approximate surface area is 223 Å². The zero-order chi connectivity index (χ0) is 26.4. The summed E-state index contributed by atoms with van der Waals surface area (Å²) in [4.78, 5) is 42.1. The lowest BCUT2D eigenvalue weighted by atomic mass is 9.94. The van der Waals surface area contributed by atoms with Crippen molar-refractivity contribution < 1.29 is 9.59 Å². The molecule has 3 fully saturated rings. The van der Waals surface area contributed by atoms with Gasteiger partial charge < -0.3 is 20.1 Å². The van der Waals surface area contributed by atoms with Gasteiger partial charge in [-0.15, -0.1) is 0 Å². The van der Waals surface area contributed by atoms with Crippen molar-refractivity contribution >= 4 is 22.6 Å². The molecular formula is C31H36N4O3. The molecule has 38 heavy (non-hydrogen) atoms. The summed E-state index contributed by atoms with van der Waals surface area (Å²) in [6.45, 7) is 4.59. The van der Waals surface area contributed by atoms with Crippen LogP contribution in [0.1, 0.15) is 64.8 Å². The molecule has 2 heterocycles. The second-order valence-corrected chi connectivity index (χ2v) is 11.5. The highest BCUT2D eigenvalue weighted by Crippen LogP contribution is 2.32. The predicted molar refractivity (Wildman–Crippen MR) is 150 cm³/mol. The van der Waals surface area contributed by atoms with Crippen molar-refractivity contribution in [2.75, 3.05) is 20.1 Å². The van der Waals surface area contributed by atoms with Gasteiger partial charge in [0, 0.05) is 41.2 Å². The number of carbonyl (C=O) groups excluding carboxylic acids is 2. The molecule has 0 atom stereocenters. The maximum Gasteiger partial charge on any atom is 0.258 e. The van der Waals surface area contributed by atoms with Crippen LogP contribution in [0.2, 0.25) is 0 Å². The maximum atomic E-state index is 13.6. The Bertz CT molecular complexity index is 1460. The molecule has 0 radical (unpaired) electrons. The second-order valence-electron chi connectivity index (χ2n) is 11.5. The number of pyridine rings is 1. The van der Waals surface area contributed by atoms with E-state index in [0.717, 1.165) is 68.3 Å². The Hall–Kier alpha value is -3.45. The lowest BCUT2D eigenvalue weighted by Gasteiger charge is -2.29. The molecule has 2 amide bonds. The highest BCUT2D eigenvalue weighted by molar-refractivity contribution is 6.08. The summed E-state index contributed by atoms with van der Waals surface area (Å²) >= 11 is 0. The lowest BCUT2D eigenvalue weighted by Crippen LogP contribution is -2.43. The maximum absolute atomic E-state index is 13.6. The van der Waals surface area contributed by atoms with Crippen molar-refractivity contribution in [1.82, 2.24) is 20.1 Å². The third kappa shape index (κ3) is 5.25. The molecule has 7 nitrogen and oxygen atoms in total. The van der Waals surface area contributed by atoms with E-state index in [4.69, 9.17) is 0 Å². The molecule has 1 aromatic heterocycles. The highest BCUT2D eigenvalue weighted by Gasteiger charge is 2.26. The number of aromatic nitrogens is 1. The molecule has 2 aromatic carbocycles. The van der Waals surface area contributed by atoms with Crippen LogP contribution < -0.4 is 16.2 Å². The minimum atomic E-state index is -0.125. The number of rotatable bonds is 7. The first-order chi connectivity index (χ1) is 18.4. The number of benzene rings is 2. The van der Waals surface area contributed by atoms with E-state index in [1.807, 2.05) is 43.3 Å². The number of piperidine rings is 1. The van der Waals surface area contributed by atoms with Crippen molar-refractivity contribution in [3.8, 4) is 11.1 Å². The van der Waals surface area contributed by atoms with Crippen molar-refractivity contribution in [3.05, 3.63) is 69.6 Å². The number of aryl methyl sites for hydroxylation is 1. The van der Waals surface area contributed by atoms with Gasteiger partial charge in [-0.1, -0.05) is 12.1 Å². The first-order valence-corrected chi connectivity index (χ1v) is 13.9. The summed E-state index contributed by atoms with van der Waals surface area (Å²) in [5.74, 6) is 0.331. The molecule has 2 N–H and O–H groups in total. The SMILES string of the molecule is Cc1ccc(C(=O)NC2CC2)cc1-c1ccc2c(=O)n(CC3CC3)cc(C(=O)NC3CCN(C)CC3)c2c1. The van der Waals surface area contributed by atoms with E-state index >= 15 is 0 Å². The van der Waals surface area contributed by atoms with E-state index in [-0.39, 0.29) is 29.5 Å². The van der Waals surface area contributed by atoms with Crippen molar-refractivity contribution in [3.63, 3.8) is 0 Å². The molecule has 7 heteroatoms. The van der Waals surface area contributed by atoms with Gasteiger partial charge in [-0.2, -0.15) is 0 Å². The highest BCUT2D eigenvalue weighted by atomic mass is 16.2. The average Bonchev–Trinajstić information content (AvgIpc) is 3.84. The number of nitrogens with one attached hydrogen (secondary N) is 2.